The molecule has 1 saturated heterocycles. The largest absolute Gasteiger partial charge is 0.384 e. The molecular weight excluding hydrogens is 254 g/mol. The van der Waals surface area contributed by atoms with Gasteiger partial charge in [-0.25, -0.2) is 4.98 Å². The summed E-state index contributed by atoms with van der Waals surface area (Å²) in [5.74, 6) is 0.659. The van der Waals surface area contributed by atoms with Crippen LogP contribution in [0.15, 0.2) is 12.1 Å². The molecule has 110 valence electrons. The van der Waals surface area contributed by atoms with E-state index < -0.39 is 0 Å². The van der Waals surface area contributed by atoms with Crippen molar-refractivity contribution in [3.05, 3.63) is 23.4 Å². The summed E-state index contributed by atoms with van der Waals surface area (Å²) in [6.45, 7) is 5.52. The van der Waals surface area contributed by atoms with Crippen LogP contribution in [0.5, 0.6) is 0 Å². The quantitative estimate of drug-likeness (QED) is 0.918. The fourth-order valence-electron chi connectivity index (χ4n) is 2.44. The van der Waals surface area contributed by atoms with Crippen LogP contribution < -0.4 is 5.73 Å². The van der Waals surface area contributed by atoms with Crippen molar-refractivity contribution in [2.45, 2.75) is 38.6 Å². The molecule has 0 radical (unpaired) electrons. The molecule has 1 aromatic rings. The molecule has 1 amide bonds. The van der Waals surface area contributed by atoms with E-state index in [1.807, 2.05) is 27.0 Å². The van der Waals surface area contributed by atoms with Crippen molar-refractivity contribution in [3.8, 4) is 0 Å². The van der Waals surface area contributed by atoms with Crippen molar-refractivity contribution in [3.63, 3.8) is 0 Å². The van der Waals surface area contributed by atoms with Gasteiger partial charge in [0.1, 0.15) is 5.82 Å². The Balaban J connectivity index is 2.19. The maximum absolute atomic E-state index is 12.6. The topological polar surface area (TPSA) is 68.5 Å². The molecule has 2 N–H and O–H groups in total. The maximum atomic E-state index is 12.6. The molecule has 1 aliphatic heterocycles. The van der Waals surface area contributed by atoms with Crippen molar-refractivity contribution in [2.24, 2.45) is 0 Å². The van der Waals surface area contributed by atoms with Gasteiger partial charge in [-0.2, -0.15) is 0 Å². The molecule has 20 heavy (non-hydrogen) atoms. The summed E-state index contributed by atoms with van der Waals surface area (Å²) in [7, 11) is 1.85. The third-order valence-corrected chi connectivity index (χ3v) is 3.76. The number of carbonyl (C=O) groups excluding carboxylic acids is 1. The lowest BCUT2D eigenvalue weighted by molar-refractivity contribution is 0.0362. The third-order valence-electron chi connectivity index (χ3n) is 3.76. The molecule has 1 fully saturated rings. The monoisotopic (exact) mass is 277 g/mol. The van der Waals surface area contributed by atoms with Gasteiger partial charge in [0.15, 0.2) is 0 Å². The average molecular weight is 277 g/mol. The van der Waals surface area contributed by atoms with Gasteiger partial charge in [-0.3, -0.25) is 4.79 Å². The Labute approximate surface area is 120 Å². The van der Waals surface area contributed by atoms with E-state index in [1.54, 1.807) is 11.0 Å². The smallest absolute Gasteiger partial charge is 0.254 e. The fraction of sp³-hybridized carbons (Fsp3) is 0.600. The van der Waals surface area contributed by atoms with E-state index in [-0.39, 0.29) is 17.9 Å². The summed E-state index contributed by atoms with van der Waals surface area (Å²) in [5, 5.41) is 0. The number of anilines is 1. The van der Waals surface area contributed by atoms with Gasteiger partial charge in [0.25, 0.3) is 5.91 Å². The Hall–Kier alpha value is -1.62. The van der Waals surface area contributed by atoms with Gasteiger partial charge >= 0.3 is 0 Å². The number of hydrogen-bond acceptors (Lipinski definition) is 4. The highest BCUT2D eigenvalue weighted by molar-refractivity contribution is 5.95. The van der Waals surface area contributed by atoms with E-state index in [2.05, 4.69) is 4.98 Å². The van der Waals surface area contributed by atoms with Gasteiger partial charge in [0, 0.05) is 37.6 Å². The number of pyridine rings is 1. The number of nitrogens with two attached hydrogens (primary N) is 1. The summed E-state index contributed by atoms with van der Waals surface area (Å²) in [5.41, 5.74) is 7.29. The second-order valence-corrected chi connectivity index (χ2v) is 5.62. The SMILES string of the molecule is CC(C)c1cc(C(=O)N(C)C2CCOCC2)cc(N)n1. The average Bonchev–Trinajstić information content (AvgIpc) is 2.46. The normalized spacial score (nSPS) is 16.4. The molecule has 1 aliphatic rings. The van der Waals surface area contributed by atoms with E-state index in [0.29, 0.717) is 11.4 Å². The molecule has 1 aromatic heterocycles. The summed E-state index contributed by atoms with van der Waals surface area (Å²) >= 11 is 0. The molecule has 2 rings (SSSR count). The van der Waals surface area contributed by atoms with Crippen molar-refractivity contribution in [2.75, 3.05) is 26.0 Å². The lowest BCUT2D eigenvalue weighted by Gasteiger charge is -2.31. The Kier molecular flexibility index (Phi) is 4.60. The minimum Gasteiger partial charge on any atom is -0.384 e. The number of hydrogen-bond donors (Lipinski definition) is 1. The van der Waals surface area contributed by atoms with Crippen molar-refractivity contribution >= 4 is 11.7 Å². The zero-order chi connectivity index (χ0) is 14.7. The Bertz CT molecular complexity index is 482. The second kappa shape index (κ2) is 6.22. The predicted octanol–water partition coefficient (Wildman–Crippen LogP) is 2.04. The molecular formula is C15H23N3O2. The molecule has 0 aromatic carbocycles. The molecule has 0 spiro atoms. The van der Waals surface area contributed by atoms with Gasteiger partial charge in [-0.05, 0) is 30.9 Å². The molecule has 5 heteroatoms. The minimum atomic E-state index is 0.00731. The number of aromatic nitrogens is 1. The standard InChI is InChI=1S/C15H23N3O2/c1-10(2)13-8-11(9-14(16)17-13)15(19)18(3)12-4-6-20-7-5-12/h8-10,12H,4-7H2,1-3H3,(H2,16,17). The van der Waals surface area contributed by atoms with Crippen molar-refractivity contribution in [1.29, 1.82) is 0 Å². The van der Waals surface area contributed by atoms with E-state index in [9.17, 15) is 4.79 Å². The lowest BCUT2D eigenvalue weighted by Crippen LogP contribution is -2.40. The molecule has 2 heterocycles. The maximum Gasteiger partial charge on any atom is 0.254 e. The number of nitrogens with zero attached hydrogens (tertiary/aromatic N) is 2. The first-order chi connectivity index (χ1) is 9.49. The third kappa shape index (κ3) is 3.28. The number of ether oxygens (including phenoxy) is 1. The zero-order valence-electron chi connectivity index (χ0n) is 12.4. The fourth-order valence-corrected chi connectivity index (χ4v) is 2.44. The Morgan fingerprint density at radius 2 is 2.05 bits per heavy atom. The van der Waals surface area contributed by atoms with Crippen LogP contribution in [0.4, 0.5) is 5.82 Å². The zero-order valence-corrected chi connectivity index (χ0v) is 12.4. The number of nitrogen functional groups attached to an aromatic ring is 1. The van der Waals surface area contributed by atoms with Crippen LogP contribution in [0.2, 0.25) is 0 Å². The minimum absolute atomic E-state index is 0.00731. The highest BCUT2D eigenvalue weighted by Crippen LogP contribution is 2.20. The Morgan fingerprint density at radius 3 is 2.65 bits per heavy atom. The van der Waals surface area contributed by atoms with Crippen LogP contribution in [-0.4, -0.2) is 42.1 Å². The lowest BCUT2D eigenvalue weighted by atomic mass is 10.0. The number of amides is 1. The van der Waals surface area contributed by atoms with Gasteiger partial charge < -0.3 is 15.4 Å². The summed E-state index contributed by atoms with van der Waals surface area (Å²) in [6, 6.07) is 3.75. The van der Waals surface area contributed by atoms with Gasteiger partial charge in [0.2, 0.25) is 0 Å². The van der Waals surface area contributed by atoms with Crippen LogP contribution >= 0.6 is 0 Å². The van der Waals surface area contributed by atoms with Crippen LogP contribution in [0.1, 0.15) is 48.7 Å². The second-order valence-electron chi connectivity index (χ2n) is 5.62. The molecule has 0 bridgehead atoms. The first-order valence-corrected chi connectivity index (χ1v) is 7.11. The van der Waals surface area contributed by atoms with Crippen LogP contribution in [0.25, 0.3) is 0 Å². The number of carbonyl (C=O) groups is 1. The molecule has 0 saturated carbocycles. The summed E-state index contributed by atoms with van der Waals surface area (Å²) in [4.78, 5) is 18.7. The highest BCUT2D eigenvalue weighted by Gasteiger charge is 2.24. The van der Waals surface area contributed by atoms with Crippen molar-refractivity contribution in [1.82, 2.24) is 9.88 Å². The summed E-state index contributed by atoms with van der Waals surface area (Å²) < 4.78 is 5.34. The van der Waals surface area contributed by atoms with Crippen LogP contribution in [0, 0.1) is 0 Å². The predicted molar refractivity (Wildman–Crippen MR) is 78.7 cm³/mol. The molecule has 0 aliphatic carbocycles. The first kappa shape index (κ1) is 14.8. The van der Waals surface area contributed by atoms with E-state index in [4.69, 9.17) is 10.5 Å². The highest BCUT2D eigenvalue weighted by atomic mass is 16.5. The van der Waals surface area contributed by atoms with E-state index >= 15 is 0 Å². The van der Waals surface area contributed by atoms with E-state index in [0.717, 1.165) is 31.7 Å². The van der Waals surface area contributed by atoms with Gasteiger partial charge in [-0.15, -0.1) is 0 Å². The van der Waals surface area contributed by atoms with Crippen LogP contribution in [0.3, 0.4) is 0 Å². The Morgan fingerprint density at radius 1 is 1.40 bits per heavy atom. The van der Waals surface area contributed by atoms with Crippen molar-refractivity contribution < 1.29 is 9.53 Å². The first-order valence-electron chi connectivity index (χ1n) is 7.11. The molecule has 0 atom stereocenters. The molecule has 5 nitrogen and oxygen atoms in total. The summed E-state index contributed by atoms with van der Waals surface area (Å²) in [6.07, 6.45) is 1.78. The number of rotatable bonds is 3. The molecule has 0 unspecified atom stereocenters. The van der Waals surface area contributed by atoms with Gasteiger partial charge in [0.05, 0.1) is 0 Å². The van der Waals surface area contributed by atoms with E-state index in [1.165, 1.54) is 0 Å². The van der Waals surface area contributed by atoms with Gasteiger partial charge in [-0.1, -0.05) is 13.8 Å². The van der Waals surface area contributed by atoms with Crippen LogP contribution in [-0.2, 0) is 4.74 Å².